The average molecular weight is 270 g/mol. The van der Waals surface area contributed by atoms with Crippen LogP contribution in [0.1, 0.15) is 48.0 Å². The standard InChI is InChI=1S/C17H18O3/c1-4-14-12(7-8-19-14)16(18)11-5-6-15-13(9-11)17(2,3)10-20-15/h5-9H,4,10H2,1-3H3. The molecule has 0 spiro atoms. The van der Waals surface area contributed by atoms with Crippen LogP contribution in [0.3, 0.4) is 0 Å². The second-order valence-corrected chi connectivity index (χ2v) is 5.82. The molecular formula is C17H18O3. The first-order valence-electron chi connectivity index (χ1n) is 6.91. The zero-order valence-corrected chi connectivity index (χ0v) is 12.0. The average Bonchev–Trinajstić information content (AvgIpc) is 3.03. The number of benzene rings is 1. The molecule has 2 aromatic rings. The van der Waals surface area contributed by atoms with Crippen LogP contribution in [-0.2, 0) is 11.8 Å². The van der Waals surface area contributed by atoms with Gasteiger partial charge in [0.2, 0.25) is 0 Å². The maximum absolute atomic E-state index is 12.6. The van der Waals surface area contributed by atoms with Crippen molar-refractivity contribution in [1.29, 1.82) is 0 Å². The Morgan fingerprint density at radius 3 is 2.85 bits per heavy atom. The molecule has 0 unspecified atom stereocenters. The molecule has 0 atom stereocenters. The summed E-state index contributed by atoms with van der Waals surface area (Å²) < 4.78 is 11.0. The van der Waals surface area contributed by atoms with E-state index in [1.807, 2.05) is 25.1 Å². The van der Waals surface area contributed by atoms with Crippen LogP contribution in [0.5, 0.6) is 5.75 Å². The van der Waals surface area contributed by atoms with Gasteiger partial charge in [-0.1, -0.05) is 20.8 Å². The first kappa shape index (κ1) is 13.0. The fourth-order valence-electron chi connectivity index (χ4n) is 2.63. The highest BCUT2D eigenvalue weighted by molar-refractivity contribution is 6.09. The fourth-order valence-corrected chi connectivity index (χ4v) is 2.63. The molecule has 2 heterocycles. The molecule has 0 fully saturated rings. The molecule has 104 valence electrons. The molecule has 0 saturated heterocycles. The van der Waals surface area contributed by atoms with Crippen LogP contribution in [0.4, 0.5) is 0 Å². The van der Waals surface area contributed by atoms with Crippen molar-refractivity contribution in [3.63, 3.8) is 0 Å². The van der Waals surface area contributed by atoms with Gasteiger partial charge in [-0.3, -0.25) is 4.79 Å². The molecule has 3 rings (SSSR count). The van der Waals surface area contributed by atoms with E-state index in [2.05, 4.69) is 13.8 Å². The molecule has 20 heavy (non-hydrogen) atoms. The predicted octanol–water partition coefficient (Wildman–Crippen LogP) is 3.74. The number of hydrogen-bond donors (Lipinski definition) is 0. The van der Waals surface area contributed by atoms with Crippen LogP contribution in [0, 0.1) is 0 Å². The highest BCUT2D eigenvalue weighted by atomic mass is 16.5. The van der Waals surface area contributed by atoms with Crippen molar-refractivity contribution in [2.75, 3.05) is 6.61 Å². The van der Waals surface area contributed by atoms with Gasteiger partial charge in [0.25, 0.3) is 0 Å². The Morgan fingerprint density at radius 1 is 1.30 bits per heavy atom. The number of aryl methyl sites for hydroxylation is 1. The van der Waals surface area contributed by atoms with Crippen molar-refractivity contribution in [3.8, 4) is 5.75 Å². The Morgan fingerprint density at radius 2 is 2.10 bits per heavy atom. The van der Waals surface area contributed by atoms with E-state index >= 15 is 0 Å². The van der Waals surface area contributed by atoms with E-state index < -0.39 is 0 Å². The topological polar surface area (TPSA) is 39.4 Å². The van der Waals surface area contributed by atoms with Crippen molar-refractivity contribution in [2.45, 2.75) is 32.6 Å². The second kappa shape index (κ2) is 4.51. The summed E-state index contributed by atoms with van der Waals surface area (Å²) in [6.07, 6.45) is 2.29. The van der Waals surface area contributed by atoms with Crippen LogP contribution in [0.25, 0.3) is 0 Å². The van der Waals surface area contributed by atoms with Gasteiger partial charge < -0.3 is 9.15 Å². The Bertz CT molecular complexity index is 665. The summed E-state index contributed by atoms with van der Waals surface area (Å²) in [6, 6.07) is 7.42. The van der Waals surface area contributed by atoms with Gasteiger partial charge in [-0.05, 0) is 24.3 Å². The summed E-state index contributed by atoms with van der Waals surface area (Å²) in [5, 5.41) is 0. The number of fused-ring (bicyclic) bond motifs is 1. The van der Waals surface area contributed by atoms with Gasteiger partial charge >= 0.3 is 0 Å². The number of carbonyl (C=O) groups excluding carboxylic acids is 1. The smallest absolute Gasteiger partial charge is 0.196 e. The third-order valence-corrected chi connectivity index (χ3v) is 3.87. The zero-order chi connectivity index (χ0) is 14.3. The van der Waals surface area contributed by atoms with Crippen molar-refractivity contribution in [1.82, 2.24) is 0 Å². The Kier molecular flexibility index (Phi) is 2.93. The van der Waals surface area contributed by atoms with Crippen LogP contribution in [-0.4, -0.2) is 12.4 Å². The lowest BCUT2D eigenvalue weighted by atomic mass is 9.85. The van der Waals surface area contributed by atoms with Crippen LogP contribution in [0.2, 0.25) is 0 Å². The first-order valence-corrected chi connectivity index (χ1v) is 6.91. The van der Waals surface area contributed by atoms with Gasteiger partial charge in [-0.25, -0.2) is 0 Å². The van der Waals surface area contributed by atoms with E-state index in [9.17, 15) is 4.79 Å². The van der Waals surface area contributed by atoms with Crippen molar-refractivity contribution in [3.05, 3.63) is 53.0 Å². The minimum Gasteiger partial charge on any atom is -0.492 e. The molecule has 1 aromatic heterocycles. The van der Waals surface area contributed by atoms with Gasteiger partial charge in [0, 0.05) is 23.0 Å². The molecule has 1 aromatic carbocycles. The molecule has 1 aliphatic heterocycles. The number of carbonyl (C=O) groups is 1. The highest BCUT2D eigenvalue weighted by Crippen LogP contribution is 2.39. The van der Waals surface area contributed by atoms with E-state index in [4.69, 9.17) is 9.15 Å². The molecule has 3 nitrogen and oxygen atoms in total. The lowest BCUT2D eigenvalue weighted by Gasteiger charge is -2.15. The number of hydrogen-bond acceptors (Lipinski definition) is 3. The van der Waals surface area contributed by atoms with Gasteiger partial charge in [0.1, 0.15) is 11.5 Å². The SMILES string of the molecule is CCc1occc1C(=O)c1ccc2c(c1)C(C)(C)CO2. The molecule has 0 N–H and O–H groups in total. The normalized spacial score (nSPS) is 15.8. The third kappa shape index (κ3) is 1.94. The fraction of sp³-hybridized carbons (Fsp3) is 0.353. The molecule has 0 bridgehead atoms. The molecule has 0 saturated carbocycles. The van der Waals surface area contributed by atoms with Crippen LogP contribution < -0.4 is 4.74 Å². The molecule has 3 heteroatoms. The monoisotopic (exact) mass is 270 g/mol. The molecule has 0 radical (unpaired) electrons. The summed E-state index contributed by atoms with van der Waals surface area (Å²) in [4.78, 5) is 12.6. The van der Waals surface area contributed by atoms with E-state index in [0.29, 0.717) is 24.2 Å². The van der Waals surface area contributed by atoms with Gasteiger partial charge in [-0.2, -0.15) is 0 Å². The molecule has 0 aliphatic carbocycles. The summed E-state index contributed by atoms with van der Waals surface area (Å²) in [5.74, 6) is 1.64. The highest BCUT2D eigenvalue weighted by Gasteiger charge is 2.32. The Hall–Kier alpha value is -2.03. The number of furan rings is 1. The van der Waals surface area contributed by atoms with E-state index in [0.717, 1.165) is 17.1 Å². The molecular weight excluding hydrogens is 252 g/mol. The zero-order valence-electron chi connectivity index (χ0n) is 12.0. The third-order valence-electron chi connectivity index (χ3n) is 3.87. The van der Waals surface area contributed by atoms with E-state index in [-0.39, 0.29) is 11.2 Å². The van der Waals surface area contributed by atoms with E-state index in [1.165, 1.54) is 0 Å². The quantitative estimate of drug-likeness (QED) is 0.797. The predicted molar refractivity (Wildman–Crippen MR) is 76.5 cm³/mol. The summed E-state index contributed by atoms with van der Waals surface area (Å²) in [6.45, 7) is 6.89. The lowest BCUT2D eigenvalue weighted by Crippen LogP contribution is -2.18. The van der Waals surface area contributed by atoms with Crippen molar-refractivity contribution in [2.24, 2.45) is 0 Å². The van der Waals surface area contributed by atoms with Crippen LogP contribution in [0.15, 0.2) is 34.9 Å². The molecule has 1 aliphatic rings. The Labute approximate surface area is 118 Å². The minimum absolute atomic E-state index is 0.0149. The summed E-state index contributed by atoms with van der Waals surface area (Å²) >= 11 is 0. The lowest BCUT2D eigenvalue weighted by molar-refractivity contribution is 0.103. The largest absolute Gasteiger partial charge is 0.492 e. The minimum atomic E-state index is -0.0460. The van der Waals surface area contributed by atoms with E-state index in [1.54, 1.807) is 12.3 Å². The van der Waals surface area contributed by atoms with Gasteiger partial charge in [-0.15, -0.1) is 0 Å². The maximum atomic E-state index is 12.6. The number of ether oxygens (including phenoxy) is 1. The maximum Gasteiger partial charge on any atom is 0.196 e. The van der Waals surface area contributed by atoms with Gasteiger partial charge in [0.05, 0.1) is 18.4 Å². The van der Waals surface area contributed by atoms with Crippen molar-refractivity contribution < 1.29 is 13.9 Å². The van der Waals surface area contributed by atoms with Crippen molar-refractivity contribution >= 4 is 5.78 Å². The summed E-state index contributed by atoms with van der Waals surface area (Å²) in [7, 11) is 0. The van der Waals surface area contributed by atoms with Gasteiger partial charge in [0.15, 0.2) is 5.78 Å². The summed E-state index contributed by atoms with van der Waals surface area (Å²) in [5.41, 5.74) is 2.41. The second-order valence-electron chi connectivity index (χ2n) is 5.82. The molecule has 0 amide bonds. The number of rotatable bonds is 3. The Balaban J connectivity index is 2.02. The van der Waals surface area contributed by atoms with Crippen LogP contribution >= 0.6 is 0 Å². The number of ketones is 1. The first-order chi connectivity index (χ1) is 9.53.